The number of nitrogens with zero attached hydrogens (tertiary/aromatic N) is 3. The molecule has 7 heteroatoms. The van der Waals surface area contributed by atoms with Crippen LogP contribution in [0.15, 0.2) is 40.4 Å². The molecule has 1 saturated heterocycles. The summed E-state index contributed by atoms with van der Waals surface area (Å²) in [4.78, 5) is 31.7. The van der Waals surface area contributed by atoms with Crippen LogP contribution in [0.4, 0.5) is 11.4 Å². The molecule has 2 aromatic rings. The van der Waals surface area contributed by atoms with E-state index < -0.39 is 5.91 Å². The summed E-state index contributed by atoms with van der Waals surface area (Å²) in [7, 11) is 0. The highest BCUT2D eigenvalue weighted by molar-refractivity contribution is 7.99. The second kappa shape index (κ2) is 6.92. The second-order valence-corrected chi connectivity index (χ2v) is 7.34. The van der Waals surface area contributed by atoms with Gasteiger partial charge in [-0.15, -0.1) is 0 Å². The van der Waals surface area contributed by atoms with Gasteiger partial charge in [0.1, 0.15) is 5.56 Å². The van der Waals surface area contributed by atoms with Crippen LogP contribution in [0.3, 0.4) is 0 Å². The molecule has 0 bridgehead atoms. The molecule has 1 amide bonds. The number of hydrogen-bond donors (Lipinski definition) is 1. The van der Waals surface area contributed by atoms with Gasteiger partial charge in [0.2, 0.25) is 0 Å². The summed E-state index contributed by atoms with van der Waals surface area (Å²) in [6, 6.07) is 7.78. The first-order valence-electron chi connectivity index (χ1n) is 8.62. The summed E-state index contributed by atoms with van der Waals surface area (Å²) in [5.41, 5.74) is 1.59. The van der Waals surface area contributed by atoms with Crippen molar-refractivity contribution in [1.82, 2.24) is 9.55 Å². The lowest BCUT2D eigenvalue weighted by Crippen LogP contribution is -2.32. The lowest BCUT2D eigenvalue weighted by molar-refractivity contribution is 0.102. The number of thioether (sulfide) groups is 1. The number of aromatic nitrogens is 2. The molecule has 1 aromatic heterocycles. The Morgan fingerprint density at radius 2 is 1.92 bits per heavy atom. The van der Waals surface area contributed by atoms with E-state index in [1.807, 2.05) is 24.3 Å². The lowest BCUT2D eigenvalue weighted by atomic mass is 10.1. The van der Waals surface area contributed by atoms with Crippen LogP contribution in [0, 0.1) is 0 Å². The van der Waals surface area contributed by atoms with Crippen LogP contribution in [-0.2, 0) is 6.54 Å². The molecule has 0 radical (unpaired) electrons. The number of carbonyl (C=O) groups is 1. The summed E-state index contributed by atoms with van der Waals surface area (Å²) in [6.07, 6.45) is 4.97. The number of para-hydroxylation sites is 2. The Hall–Kier alpha value is -2.28. The zero-order chi connectivity index (χ0) is 17.2. The van der Waals surface area contributed by atoms with E-state index in [0.29, 0.717) is 11.7 Å². The molecule has 2 aliphatic rings. The van der Waals surface area contributed by atoms with Crippen molar-refractivity contribution >= 4 is 29.0 Å². The number of carbonyl (C=O) groups excluding carboxylic acids is 1. The topological polar surface area (TPSA) is 67.2 Å². The number of benzene rings is 1. The van der Waals surface area contributed by atoms with Crippen LogP contribution >= 0.6 is 11.8 Å². The van der Waals surface area contributed by atoms with Gasteiger partial charge in [-0.2, -0.15) is 0 Å². The normalized spacial score (nSPS) is 16.6. The molecule has 0 aliphatic carbocycles. The number of rotatable bonds is 3. The van der Waals surface area contributed by atoms with Crippen LogP contribution in [0.1, 0.15) is 29.6 Å². The third kappa shape index (κ3) is 3.16. The summed E-state index contributed by atoms with van der Waals surface area (Å²) in [5.74, 6) is 0.430. The first-order valence-corrected chi connectivity index (χ1v) is 9.60. The number of amides is 1. The molecule has 6 nitrogen and oxygen atoms in total. The van der Waals surface area contributed by atoms with Crippen LogP contribution in [0.25, 0.3) is 0 Å². The quantitative estimate of drug-likeness (QED) is 0.856. The van der Waals surface area contributed by atoms with Gasteiger partial charge in [-0.3, -0.25) is 14.2 Å². The molecule has 1 fully saturated rings. The van der Waals surface area contributed by atoms with E-state index in [1.165, 1.54) is 12.6 Å². The van der Waals surface area contributed by atoms with E-state index in [0.717, 1.165) is 43.1 Å². The van der Waals surface area contributed by atoms with E-state index in [1.54, 1.807) is 16.3 Å². The maximum Gasteiger partial charge on any atom is 0.267 e. The van der Waals surface area contributed by atoms with Gasteiger partial charge in [-0.25, -0.2) is 4.98 Å². The molecule has 3 heterocycles. The fraction of sp³-hybridized carbons (Fsp3) is 0.389. The van der Waals surface area contributed by atoms with Crippen molar-refractivity contribution in [2.75, 3.05) is 29.1 Å². The van der Waals surface area contributed by atoms with Gasteiger partial charge in [0.25, 0.3) is 11.5 Å². The Labute approximate surface area is 150 Å². The molecule has 25 heavy (non-hydrogen) atoms. The van der Waals surface area contributed by atoms with Crippen molar-refractivity contribution in [3.05, 3.63) is 46.4 Å². The Bertz CT molecular complexity index is 858. The van der Waals surface area contributed by atoms with Crippen molar-refractivity contribution in [3.63, 3.8) is 0 Å². The molecule has 1 aromatic carbocycles. The molecule has 0 atom stereocenters. The largest absolute Gasteiger partial charge is 0.370 e. The van der Waals surface area contributed by atoms with Crippen LogP contribution in [0.2, 0.25) is 0 Å². The van der Waals surface area contributed by atoms with Crippen molar-refractivity contribution in [2.45, 2.75) is 31.0 Å². The van der Waals surface area contributed by atoms with Crippen molar-refractivity contribution in [3.8, 4) is 0 Å². The second-order valence-electron chi connectivity index (χ2n) is 6.28. The minimum atomic E-state index is -0.394. The van der Waals surface area contributed by atoms with Crippen LogP contribution < -0.4 is 15.8 Å². The predicted molar refractivity (Wildman–Crippen MR) is 99.7 cm³/mol. The van der Waals surface area contributed by atoms with Crippen LogP contribution in [0.5, 0.6) is 0 Å². The average Bonchev–Trinajstić information content (AvgIpc) is 3.13. The van der Waals surface area contributed by atoms with E-state index in [-0.39, 0.29) is 11.1 Å². The van der Waals surface area contributed by atoms with E-state index >= 15 is 0 Å². The Balaban J connectivity index is 1.61. The van der Waals surface area contributed by atoms with Crippen molar-refractivity contribution in [2.24, 2.45) is 0 Å². The van der Waals surface area contributed by atoms with Gasteiger partial charge in [0, 0.05) is 31.6 Å². The SMILES string of the molecule is O=C(Nc1ccccc1N1CCCCC1)c1cnc2n(c1=O)CCS2. The highest BCUT2D eigenvalue weighted by Crippen LogP contribution is 2.28. The maximum absolute atomic E-state index is 12.7. The number of nitrogens with one attached hydrogen (secondary N) is 1. The van der Waals surface area contributed by atoms with E-state index in [2.05, 4.69) is 15.2 Å². The van der Waals surface area contributed by atoms with E-state index in [9.17, 15) is 9.59 Å². The van der Waals surface area contributed by atoms with Gasteiger partial charge < -0.3 is 10.2 Å². The van der Waals surface area contributed by atoms with Crippen molar-refractivity contribution < 1.29 is 4.79 Å². The fourth-order valence-corrected chi connectivity index (χ4v) is 4.27. The summed E-state index contributed by atoms with van der Waals surface area (Å²) < 4.78 is 1.58. The minimum Gasteiger partial charge on any atom is -0.370 e. The molecular formula is C18H20N4O2S. The van der Waals surface area contributed by atoms with Gasteiger partial charge in [0.15, 0.2) is 5.16 Å². The molecule has 1 N–H and O–H groups in total. The first-order chi connectivity index (χ1) is 12.2. The van der Waals surface area contributed by atoms with Gasteiger partial charge in [0.05, 0.1) is 11.4 Å². The Morgan fingerprint density at radius 1 is 1.12 bits per heavy atom. The standard InChI is InChI=1S/C18H20N4O2S/c23-16(13-12-19-18-22(17(13)24)10-11-25-18)20-14-6-2-3-7-15(14)21-8-4-1-5-9-21/h2-3,6-7,12H,1,4-5,8-11H2,(H,20,23). The highest BCUT2D eigenvalue weighted by Gasteiger charge is 2.21. The Morgan fingerprint density at radius 3 is 2.76 bits per heavy atom. The molecular weight excluding hydrogens is 336 g/mol. The third-order valence-electron chi connectivity index (χ3n) is 4.65. The summed E-state index contributed by atoms with van der Waals surface area (Å²) in [6.45, 7) is 2.59. The lowest BCUT2D eigenvalue weighted by Gasteiger charge is -2.30. The smallest absolute Gasteiger partial charge is 0.267 e. The zero-order valence-corrected chi connectivity index (χ0v) is 14.7. The molecule has 0 saturated carbocycles. The monoisotopic (exact) mass is 356 g/mol. The first kappa shape index (κ1) is 16.2. The minimum absolute atomic E-state index is 0.0969. The zero-order valence-electron chi connectivity index (χ0n) is 13.9. The van der Waals surface area contributed by atoms with Crippen molar-refractivity contribution in [1.29, 1.82) is 0 Å². The molecule has 4 rings (SSSR count). The molecule has 2 aliphatic heterocycles. The highest BCUT2D eigenvalue weighted by atomic mass is 32.2. The number of hydrogen-bond acceptors (Lipinski definition) is 5. The van der Waals surface area contributed by atoms with Crippen LogP contribution in [-0.4, -0.2) is 34.3 Å². The number of piperidine rings is 1. The van der Waals surface area contributed by atoms with Gasteiger partial charge in [-0.1, -0.05) is 23.9 Å². The predicted octanol–water partition coefficient (Wildman–Crippen LogP) is 2.59. The van der Waals surface area contributed by atoms with Gasteiger partial charge in [-0.05, 0) is 31.4 Å². The van der Waals surface area contributed by atoms with E-state index in [4.69, 9.17) is 0 Å². The molecule has 130 valence electrons. The number of anilines is 2. The molecule has 0 spiro atoms. The summed E-state index contributed by atoms with van der Waals surface area (Å²) >= 11 is 1.54. The summed E-state index contributed by atoms with van der Waals surface area (Å²) in [5, 5.41) is 3.61. The third-order valence-corrected chi connectivity index (χ3v) is 5.62. The van der Waals surface area contributed by atoms with Gasteiger partial charge >= 0.3 is 0 Å². The average molecular weight is 356 g/mol. The number of fused-ring (bicyclic) bond motifs is 1. The Kier molecular flexibility index (Phi) is 4.48. The maximum atomic E-state index is 12.7. The molecule has 0 unspecified atom stereocenters. The fourth-order valence-electron chi connectivity index (χ4n) is 3.35.